The Morgan fingerprint density at radius 3 is 2.75 bits per heavy atom. The maximum Gasteiger partial charge on any atom is 0.301 e. The second kappa shape index (κ2) is 5.57. The van der Waals surface area contributed by atoms with Crippen molar-refractivity contribution >= 4 is 40.1 Å². The molecule has 0 aliphatic carbocycles. The van der Waals surface area contributed by atoms with Crippen molar-refractivity contribution in [2.45, 2.75) is 0 Å². The molecule has 8 heteroatoms. The third-order valence-electron chi connectivity index (χ3n) is 3.01. The molecule has 0 bridgehead atoms. The first-order valence-electron chi connectivity index (χ1n) is 6.12. The van der Waals surface area contributed by atoms with Gasteiger partial charge in [0.05, 0.1) is 34.3 Å². The summed E-state index contributed by atoms with van der Waals surface area (Å²) in [5.74, 6) is -0.0693. The van der Waals surface area contributed by atoms with Crippen LogP contribution in [0, 0.1) is 0 Å². The number of H-pyrrole nitrogens is 1. The molecule has 106 valence electrons. The number of hydrogen-bond acceptors (Lipinski definition) is 4. The van der Waals surface area contributed by atoms with Crippen LogP contribution in [0.2, 0.25) is 10.0 Å². The van der Waals surface area contributed by atoms with E-state index in [-0.39, 0.29) is 11.7 Å². The molecule has 20 heavy (non-hydrogen) atoms. The number of ether oxygens (including phenoxy) is 1. The standard InChI is InChI=1S/C12H12Cl2N4O2/c13-7-5-9-10(6-8(7)14)16-11(15-9)12(19)17-18-1-3-20-4-2-18/h5-6H,1-4H2,(H,15,16)(H,17,19). The predicted molar refractivity (Wildman–Crippen MR) is 76.0 cm³/mol. The van der Waals surface area contributed by atoms with E-state index in [1.807, 2.05) is 0 Å². The third-order valence-corrected chi connectivity index (χ3v) is 3.73. The van der Waals surface area contributed by atoms with Crippen molar-refractivity contribution in [1.29, 1.82) is 0 Å². The number of hydrogen-bond donors (Lipinski definition) is 2. The molecule has 1 fully saturated rings. The summed E-state index contributed by atoms with van der Waals surface area (Å²) >= 11 is 11.9. The summed E-state index contributed by atoms with van der Waals surface area (Å²) in [4.78, 5) is 19.2. The van der Waals surface area contributed by atoms with Crippen LogP contribution in [0.4, 0.5) is 0 Å². The number of fused-ring (bicyclic) bond motifs is 1. The normalized spacial score (nSPS) is 16.5. The van der Waals surface area contributed by atoms with Gasteiger partial charge in [-0.25, -0.2) is 9.99 Å². The average Bonchev–Trinajstić information content (AvgIpc) is 2.83. The number of aromatic nitrogens is 2. The molecule has 2 aromatic rings. The lowest BCUT2D eigenvalue weighted by atomic mass is 10.3. The van der Waals surface area contributed by atoms with Crippen molar-refractivity contribution in [3.63, 3.8) is 0 Å². The highest BCUT2D eigenvalue weighted by atomic mass is 35.5. The van der Waals surface area contributed by atoms with Crippen LogP contribution in [0.25, 0.3) is 11.0 Å². The van der Waals surface area contributed by atoms with Crippen LogP contribution in [0.3, 0.4) is 0 Å². The topological polar surface area (TPSA) is 70.2 Å². The first-order chi connectivity index (χ1) is 9.63. The minimum absolute atomic E-state index is 0.227. The fourth-order valence-electron chi connectivity index (χ4n) is 1.98. The Hall–Kier alpha value is -1.34. The molecule has 2 N–H and O–H groups in total. The van der Waals surface area contributed by atoms with E-state index in [9.17, 15) is 4.79 Å². The quantitative estimate of drug-likeness (QED) is 0.887. The number of nitrogens with zero attached hydrogens (tertiary/aromatic N) is 2. The zero-order valence-electron chi connectivity index (χ0n) is 10.4. The van der Waals surface area contributed by atoms with Gasteiger partial charge in [0.2, 0.25) is 0 Å². The van der Waals surface area contributed by atoms with Crippen molar-refractivity contribution in [2.75, 3.05) is 26.3 Å². The van der Waals surface area contributed by atoms with E-state index < -0.39 is 0 Å². The van der Waals surface area contributed by atoms with Crippen molar-refractivity contribution in [3.05, 3.63) is 28.0 Å². The second-order valence-electron chi connectivity index (χ2n) is 4.41. The van der Waals surface area contributed by atoms with E-state index in [1.54, 1.807) is 17.1 Å². The van der Waals surface area contributed by atoms with Gasteiger partial charge in [-0.3, -0.25) is 10.2 Å². The molecule has 0 saturated carbocycles. The van der Waals surface area contributed by atoms with Gasteiger partial charge in [-0.05, 0) is 12.1 Å². The fourth-order valence-corrected chi connectivity index (χ4v) is 2.31. The number of hydrazine groups is 1. The lowest BCUT2D eigenvalue weighted by Gasteiger charge is -2.26. The fraction of sp³-hybridized carbons (Fsp3) is 0.333. The lowest BCUT2D eigenvalue weighted by Crippen LogP contribution is -2.48. The van der Waals surface area contributed by atoms with E-state index in [0.29, 0.717) is 47.4 Å². The first kappa shape index (κ1) is 13.6. The Morgan fingerprint density at radius 1 is 1.30 bits per heavy atom. The molecule has 0 spiro atoms. The summed E-state index contributed by atoms with van der Waals surface area (Å²) < 4.78 is 5.22. The highest BCUT2D eigenvalue weighted by Gasteiger charge is 2.17. The smallest absolute Gasteiger partial charge is 0.301 e. The molecule has 0 atom stereocenters. The number of halogens is 2. The van der Waals surface area contributed by atoms with E-state index >= 15 is 0 Å². The summed E-state index contributed by atoms with van der Waals surface area (Å²) in [6.07, 6.45) is 0. The summed E-state index contributed by atoms with van der Waals surface area (Å²) in [5.41, 5.74) is 4.06. The first-order valence-corrected chi connectivity index (χ1v) is 6.87. The number of rotatable bonds is 2. The predicted octanol–water partition coefficient (Wildman–Crippen LogP) is 1.85. The summed E-state index contributed by atoms with van der Waals surface area (Å²) in [6, 6.07) is 3.28. The minimum Gasteiger partial charge on any atom is -0.379 e. The second-order valence-corrected chi connectivity index (χ2v) is 5.22. The number of imidazole rings is 1. The van der Waals surface area contributed by atoms with Crippen molar-refractivity contribution in [1.82, 2.24) is 20.4 Å². The lowest BCUT2D eigenvalue weighted by molar-refractivity contribution is 0.0123. The molecular formula is C12H12Cl2N4O2. The number of benzene rings is 1. The van der Waals surface area contributed by atoms with Crippen LogP contribution in [0.1, 0.15) is 10.6 Å². The Bertz CT molecular complexity index is 613. The zero-order chi connectivity index (χ0) is 14.1. The molecule has 3 rings (SSSR count). The van der Waals surface area contributed by atoms with Gasteiger partial charge in [0.1, 0.15) is 0 Å². The molecule has 2 heterocycles. The highest BCUT2D eigenvalue weighted by Crippen LogP contribution is 2.26. The Morgan fingerprint density at radius 2 is 2.00 bits per heavy atom. The number of aromatic amines is 1. The van der Waals surface area contributed by atoms with Gasteiger partial charge in [0.25, 0.3) is 0 Å². The van der Waals surface area contributed by atoms with Crippen LogP contribution < -0.4 is 5.43 Å². The van der Waals surface area contributed by atoms with Gasteiger partial charge in [-0.15, -0.1) is 0 Å². The van der Waals surface area contributed by atoms with Crippen molar-refractivity contribution in [2.24, 2.45) is 0 Å². The largest absolute Gasteiger partial charge is 0.379 e. The van der Waals surface area contributed by atoms with Crippen LogP contribution in [0.5, 0.6) is 0 Å². The summed E-state index contributed by atoms with van der Waals surface area (Å²) in [5, 5.41) is 2.63. The molecular weight excluding hydrogens is 303 g/mol. The third kappa shape index (κ3) is 2.73. The zero-order valence-corrected chi connectivity index (χ0v) is 12.0. The Kier molecular flexibility index (Phi) is 3.80. The molecule has 1 aliphatic rings. The SMILES string of the molecule is O=C(NN1CCOCC1)c1nc2cc(Cl)c(Cl)cc2[nH]1. The van der Waals surface area contributed by atoms with Crippen LogP contribution in [0.15, 0.2) is 12.1 Å². The molecule has 1 amide bonds. The summed E-state index contributed by atoms with van der Waals surface area (Å²) in [6.45, 7) is 2.52. The van der Waals surface area contributed by atoms with E-state index in [0.717, 1.165) is 0 Å². The number of morpholine rings is 1. The molecule has 1 aromatic carbocycles. The van der Waals surface area contributed by atoms with Gasteiger partial charge in [0, 0.05) is 13.1 Å². The minimum atomic E-state index is -0.296. The van der Waals surface area contributed by atoms with Gasteiger partial charge in [-0.2, -0.15) is 0 Å². The van der Waals surface area contributed by atoms with Crippen molar-refractivity contribution < 1.29 is 9.53 Å². The monoisotopic (exact) mass is 314 g/mol. The molecule has 1 aliphatic heterocycles. The molecule has 1 aromatic heterocycles. The number of carbonyl (C=O) groups is 1. The van der Waals surface area contributed by atoms with E-state index in [2.05, 4.69) is 15.4 Å². The van der Waals surface area contributed by atoms with Crippen LogP contribution in [-0.2, 0) is 4.74 Å². The molecule has 0 unspecified atom stereocenters. The Balaban J connectivity index is 1.80. The van der Waals surface area contributed by atoms with Crippen molar-refractivity contribution in [3.8, 4) is 0 Å². The molecule has 1 saturated heterocycles. The summed E-state index contributed by atoms with van der Waals surface area (Å²) in [7, 11) is 0. The molecule has 6 nitrogen and oxygen atoms in total. The molecule has 0 radical (unpaired) electrons. The number of nitrogens with one attached hydrogen (secondary N) is 2. The van der Waals surface area contributed by atoms with Crippen LogP contribution in [-0.4, -0.2) is 47.2 Å². The Labute approximate surface area is 125 Å². The van der Waals surface area contributed by atoms with Crippen LogP contribution >= 0.6 is 23.2 Å². The van der Waals surface area contributed by atoms with E-state index in [4.69, 9.17) is 27.9 Å². The maximum absolute atomic E-state index is 12.1. The van der Waals surface area contributed by atoms with Gasteiger partial charge in [-0.1, -0.05) is 23.2 Å². The number of carbonyl (C=O) groups excluding carboxylic acids is 1. The maximum atomic E-state index is 12.1. The van der Waals surface area contributed by atoms with Gasteiger partial charge >= 0.3 is 5.91 Å². The number of amides is 1. The average molecular weight is 315 g/mol. The van der Waals surface area contributed by atoms with E-state index in [1.165, 1.54) is 0 Å². The van der Waals surface area contributed by atoms with Gasteiger partial charge < -0.3 is 9.72 Å². The van der Waals surface area contributed by atoms with Gasteiger partial charge in [0.15, 0.2) is 5.82 Å². The highest BCUT2D eigenvalue weighted by molar-refractivity contribution is 6.42.